The Hall–Kier alpha value is -2.90. The summed E-state index contributed by atoms with van der Waals surface area (Å²) in [5.74, 6) is -1.66. The number of alkyl halides is 3. The van der Waals surface area contributed by atoms with Gasteiger partial charge in [-0.25, -0.2) is 9.78 Å². The molecule has 1 atom stereocenters. The fourth-order valence-electron chi connectivity index (χ4n) is 2.56. The summed E-state index contributed by atoms with van der Waals surface area (Å²) in [4.78, 5) is 28.6. The van der Waals surface area contributed by atoms with Crippen LogP contribution in [0, 0.1) is 0 Å². The number of carbonyl (C=O) groups excluding carboxylic acids is 1. The van der Waals surface area contributed by atoms with Crippen LogP contribution in [0.15, 0.2) is 42.6 Å². The van der Waals surface area contributed by atoms with Crippen LogP contribution in [0.4, 0.5) is 13.2 Å². The lowest BCUT2D eigenvalue weighted by molar-refractivity contribution is -0.137. The Morgan fingerprint density at radius 2 is 1.92 bits per heavy atom. The van der Waals surface area contributed by atoms with Crippen molar-refractivity contribution < 1.29 is 27.9 Å². The van der Waals surface area contributed by atoms with Gasteiger partial charge in [-0.3, -0.25) is 4.79 Å². The first-order valence-electron chi connectivity index (χ1n) is 7.82. The van der Waals surface area contributed by atoms with Crippen molar-refractivity contribution in [3.63, 3.8) is 0 Å². The van der Waals surface area contributed by atoms with Crippen molar-refractivity contribution >= 4 is 11.9 Å². The summed E-state index contributed by atoms with van der Waals surface area (Å²) in [5, 5.41) is 8.85. The first-order valence-corrected chi connectivity index (χ1v) is 7.82. The number of rotatable bonds is 5. The molecular weight excluding hydrogens is 349 g/mol. The number of nitrogens with zero attached hydrogens (tertiary/aromatic N) is 2. The average Bonchev–Trinajstić information content (AvgIpc) is 2.61. The van der Waals surface area contributed by atoms with Crippen LogP contribution >= 0.6 is 0 Å². The molecule has 2 rings (SSSR count). The standard InChI is InChI=1S/C18H17F3N2O3/c1-3-23(16(24)13-7-8-15(17(25)26)22-10-13)11(2)12-5-4-6-14(9-12)18(19,20)21/h4-11H,3H2,1-2H3,(H,25,26). The van der Waals surface area contributed by atoms with Crippen LogP contribution in [0.5, 0.6) is 0 Å². The van der Waals surface area contributed by atoms with E-state index in [1.165, 1.54) is 29.2 Å². The molecule has 0 aliphatic heterocycles. The summed E-state index contributed by atoms with van der Waals surface area (Å²) in [7, 11) is 0. The Bertz CT molecular complexity index is 804. The topological polar surface area (TPSA) is 70.5 Å². The van der Waals surface area contributed by atoms with Gasteiger partial charge in [0.15, 0.2) is 0 Å². The lowest BCUT2D eigenvalue weighted by Crippen LogP contribution is -2.33. The summed E-state index contributed by atoms with van der Waals surface area (Å²) in [5.41, 5.74) is -0.464. The minimum absolute atomic E-state index is 0.163. The number of hydrogen-bond donors (Lipinski definition) is 1. The molecule has 5 nitrogen and oxygen atoms in total. The van der Waals surface area contributed by atoms with Gasteiger partial charge in [-0.1, -0.05) is 12.1 Å². The van der Waals surface area contributed by atoms with Crippen LogP contribution in [-0.4, -0.2) is 33.4 Å². The Morgan fingerprint density at radius 1 is 1.23 bits per heavy atom. The maximum atomic E-state index is 12.9. The highest BCUT2D eigenvalue weighted by atomic mass is 19.4. The summed E-state index contributed by atoms with van der Waals surface area (Å²) >= 11 is 0. The molecule has 0 saturated carbocycles. The van der Waals surface area contributed by atoms with E-state index >= 15 is 0 Å². The lowest BCUT2D eigenvalue weighted by atomic mass is 10.0. The highest BCUT2D eigenvalue weighted by Crippen LogP contribution is 2.32. The number of aromatic nitrogens is 1. The van der Waals surface area contributed by atoms with Gasteiger partial charge in [0.1, 0.15) is 5.69 Å². The van der Waals surface area contributed by atoms with E-state index in [0.29, 0.717) is 5.56 Å². The number of pyridine rings is 1. The predicted octanol–water partition coefficient (Wildman–Crippen LogP) is 4.02. The monoisotopic (exact) mass is 366 g/mol. The first kappa shape index (κ1) is 19.4. The minimum atomic E-state index is -4.46. The van der Waals surface area contributed by atoms with Crippen molar-refractivity contribution in [1.82, 2.24) is 9.88 Å². The van der Waals surface area contributed by atoms with Gasteiger partial charge in [0.2, 0.25) is 0 Å². The normalized spacial score (nSPS) is 12.5. The largest absolute Gasteiger partial charge is 0.477 e. The van der Waals surface area contributed by atoms with E-state index in [1.807, 2.05) is 0 Å². The zero-order chi connectivity index (χ0) is 19.5. The van der Waals surface area contributed by atoms with Crippen molar-refractivity contribution in [2.75, 3.05) is 6.54 Å². The van der Waals surface area contributed by atoms with Crippen molar-refractivity contribution in [3.05, 3.63) is 65.0 Å². The van der Waals surface area contributed by atoms with Crippen molar-refractivity contribution in [3.8, 4) is 0 Å². The third-order valence-corrected chi connectivity index (χ3v) is 3.99. The molecule has 0 aliphatic rings. The van der Waals surface area contributed by atoms with Crippen LogP contribution in [0.25, 0.3) is 0 Å². The van der Waals surface area contributed by atoms with E-state index in [0.717, 1.165) is 18.3 Å². The zero-order valence-corrected chi connectivity index (χ0v) is 14.1. The second-order valence-electron chi connectivity index (χ2n) is 5.63. The number of benzene rings is 1. The number of carboxylic acids is 1. The smallest absolute Gasteiger partial charge is 0.416 e. The Kier molecular flexibility index (Phi) is 5.64. The van der Waals surface area contributed by atoms with Crippen molar-refractivity contribution in [1.29, 1.82) is 0 Å². The molecule has 1 amide bonds. The predicted molar refractivity (Wildman–Crippen MR) is 87.8 cm³/mol. The molecule has 0 spiro atoms. The molecule has 26 heavy (non-hydrogen) atoms. The molecule has 8 heteroatoms. The maximum Gasteiger partial charge on any atom is 0.416 e. The molecule has 1 N–H and O–H groups in total. The zero-order valence-electron chi connectivity index (χ0n) is 14.1. The molecule has 2 aromatic rings. The van der Waals surface area contributed by atoms with E-state index in [-0.39, 0.29) is 17.8 Å². The molecule has 0 bridgehead atoms. The molecule has 1 unspecified atom stereocenters. The van der Waals surface area contributed by atoms with Crippen LogP contribution < -0.4 is 0 Å². The van der Waals surface area contributed by atoms with Gasteiger partial charge in [0.05, 0.1) is 17.2 Å². The minimum Gasteiger partial charge on any atom is -0.477 e. The fourth-order valence-corrected chi connectivity index (χ4v) is 2.56. The SMILES string of the molecule is CCN(C(=O)c1ccc(C(=O)O)nc1)C(C)c1cccc(C(F)(F)F)c1. The number of halogens is 3. The quantitative estimate of drug-likeness (QED) is 0.868. The third-order valence-electron chi connectivity index (χ3n) is 3.99. The van der Waals surface area contributed by atoms with E-state index in [2.05, 4.69) is 4.98 Å². The number of amides is 1. The highest BCUT2D eigenvalue weighted by Gasteiger charge is 2.31. The summed E-state index contributed by atoms with van der Waals surface area (Å²) < 4.78 is 38.7. The van der Waals surface area contributed by atoms with Crippen molar-refractivity contribution in [2.24, 2.45) is 0 Å². The van der Waals surface area contributed by atoms with Crippen LogP contribution in [-0.2, 0) is 6.18 Å². The highest BCUT2D eigenvalue weighted by molar-refractivity contribution is 5.95. The van der Waals surface area contributed by atoms with Gasteiger partial charge in [0.25, 0.3) is 5.91 Å². The molecule has 0 saturated heterocycles. The molecule has 138 valence electrons. The number of carboxylic acid groups (broad SMARTS) is 1. The van der Waals surface area contributed by atoms with Gasteiger partial charge < -0.3 is 10.0 Å². The van der Waals surface area contributed by atoms with Gasteiger partial charge in [-0.05, 0) is 43.7 Å². The lowest BCUT2D eigenvalue weighted by Gasteiger charge is -2.29. The summed E-state index contributed by atoms with van der Waals surface area (Å²) in [6.45, 7) is 3.61. The number of hydrogen-bond acceptors (Lipinski definition) is 3. The Morgan fingerprint density at radius 3 is 2.42 bits per heavy atom. The number of aromatic carboxylic acids is 1. The van der Waals surface area contributed by atoms with Gasteiger partial charge in [0, 0.05) is 12.7 Å². The molecule has 0 aliphatic carbocycles. The van der Waals surface area contributed by atoms with Crippen molar-refractivity contribution in [2.45, 2.75) is 26.1 Å². The van der Waals surface area contributed by atoms with E-state index in [9.17, 15) is 22.8 Å². The first-order chi connectivity index (χ1) is 12.1. The van der Waals surface area contributed by atoms with Crippen LogP contribution in [0.3, 0.4) is 0 Å². The molecule has 1 aromatic heterocycles. The molecule has 0 fully saturated rings. The van der Waals surface area contributed by atoms with E-state index < -0.39 is 29.7 Å². The molecule has 1 aromatic carbocycles. The van der Waals surface area contributed by atoms with Gasteiger partial charge in [-0.15, -0.1) is 0 Å². The van der Waals surface area contributed by atoms with Crippen LogP contribution in [0.1, 0.15) is 51.9 Å². The van der Waals surface area contributed by atoms with Crippen LogP contribution in [0.2, 0.25) is 0 Å². The Labute approximate surface area is 148 Å². The fraction of sp³-hybridized carbons (Fsp3) is 0.278. The summed E-state index contributed by atoms with van der Waals surface area (Å²) in [6.07, 6.45) is -3.32. The third kappa shape index (κ3) is 4.19. The van der Waals surface area contributed by atoms with E-state index in [4.69, 9.17) is 5.11 Å². The molecule has 1 heterocycles. The van der Waals surface area contributed by atoms with Gasteiger partial charge in [-0.2, -0.15) is 13.2 Å². The summed E-state index contributed by atoms with van der Waals surface area (Å²) in [6, 6.07) is 6.76. The molecule has 0 radical (unpaired) electrons. The number of carbonyl (C=O) groups is 2. The average molecular weight is 366 g/mol. The Balaban J connectivity index is 2.29. The molecular formula is C18H17F3N2O3. The maximum absolute atomic E-state index is 12.9. The second kappa shape index (κ2) is 7.55. The van der Waals surface area contributed by atoms with E-state index in [1.54, 1.807) is 13.8 Å². The van der Waals surface area contributed by atoms with Gasteiger partial charge >= 0.3 is 12.1 Å². The second-order valence-corrected chi connectivity index (χ2v) is 5.63.